The Hall–Kier alpha value is -3.29. The van der Waals surface area contributed by atoms with Crippen LogP contribution in [-0.4, -0.2) is 35.5 Å². The van der Waals surface area contributed by atoms with E-state index in [1.807, 2.05) is 26.1 Å². The van der Waals surface area contributed by atoms with Crippen molar-refractivity contribution >= 4 is 17.4 Å². The summed E-state index contributed by atoms with van der Waals surface area (Å²) in [6.45, 7) is 4.37. The molecule has 4 N–H and O–H groups in total. The predicted octanol–water partition coefficient (Wildman–Crippen LogP) is 4.32. The van der Waals surface area contributed by atoms with Crippen LogP contribution >= 0.6 is 0 Å². The van der Waals surface area contributed by atoms with Crippen molar-refractivity contribution in [2.45, 2.75) is 76.9 Å². The monoisotopic (exact) mass is 494 g/mol. The molecule has 0 spiro atoms. The van der Waals surface area contributed by atoms with Crippen molar-refractivity contribution in [2.75, 3.05) is 6.61 Å². The molecule has 1 unspecified atom stereocenters. The minimum atomic E-state index is -0.328. The number of amides is 2. The first-order valence-corrected chi connectivity index (χ1v) is 13.1. The molecule has 8 heteroatoms. The van der Waals surface area contributed by atoms with Gasteiger partial charge < -0.3 is 25.7 Å². The molecule has 2 heterocycles. The van der Waals surface area contributed by atoms with Crippen LogP contribution in [-0.2, 0) is 9.59 Å². The maximum Gasteiger partial charge on any atom is 0.255 e. The highest BCUT2D eigenvalue weighted by molar-refractivity contribution is 6.20. The average molecular weight is 495 g/mol. The van der Waals surface area contributed by atoms with Crippen molar-refractivity contribution < 1.29 is 18.7 Å². The minimum absolute atomic E-state index is 0.0642. The first-order chi connectivity index (χ1) is 17.4. The molecular formula is C28H35FN4O3. The maximum absolute atomic E-state index is 14.3. The highest BCUT2D eigenvalue weighted by Crippen LogP contribution is 2.40. The fourth-order valence-electron chi connectivity index (χ4n) is 5.26. The van der Waals surface area contributed by atoms with Gasteiger partial charge in [0.1, 0.15) is 11.6 Å². The number of benzene rings is 1. The molecule has 0 radical (unpaired) electrons. The predicted molar refractivity (Wildman–Crippen MR) is 136 cm³/mol. The van der Waals surface area contributed by atoms with Gasteiger partial charge in [0.25, 0.3) is 5.91 Å². The Morgan fingerprint density at radius 1 is 1.03 bits per heavy atom. The number of carbonyl (C=O) groups is 2. The number of hydrogen-bond acceptors (Lipinski definition) is 4. The van der Waals surface area contributed by atoms with E-state index in [1.54, 1.807) is 6.07 Å². The fourth-order valence-corrected chi connectivity index (χ4v) is 5.26. The SMILES string of the molecule is CCC(=O)NC1CCC(NC(=O)C2=C(C)NC(c3cc(F)ccc3OCC3CC3)c3cc[nH]c32)CC1. The Bertz CT molecular complexity index is 1160. The summed E-state index contributed by atoms with van der Waals surface area (Å²) >= 11 is 0. The third kappa shape index (κ3) is 5.27. The first-order valence-electron chi connectivity index (χ1n) is 13.1. The molecule has 1 aromatic carbocycles. The van der Waals surface area contributed by atoms with Gasteiger partial charge in [0.2, 0.25) is 5.91 Å². The highest BCUT2D eigenvalue weighted by atomic mass is 19.1. The van der Waals surface area contributed by atoms with Crippen LogP contribution in [0.2, 0.25) is 0 Å². The number of ether oxygens (including phenoxy) is 1. The second kappa shape index (κ2) is 10.4. The van der Waals surface area contributed by atoms with Crippen molar-refractivity contribution in [1.29, 1.82) is 0 Å². The number of H-pyrrole nitrogens is 1. The lowest BCUT2D eigenvalue weighted by Crippen LogP contribution is -2.44. The van der Waals surface area contributed by atoms with Crippen LogP contribution in [0.15, 0.2) is 36.2 Å². The molecule has 2 saturated carbocycles. The van der Waals surface area contributed by atoms with E-state index in [0.717, 1.165) is 48.2 Å². The van der Waals surface area contributed by atoms with Gasteiger partial charge >= 0.3 is 0 Å². The van der Waals surface area contributed by atoms with Crippen LogP contribution in [0.25, 0.3) is 5.57 Å². The van der Waals surface area contributed by atoms with E-state index >= 15 is 0 Å². The lowest BCUT2D eigenvalue weighted by Gasteiger charge is -2.32. The second-order valence-electron chi connectivity index (χ2n) is 10.3. The van der Waals surface area contributed by atoms with Gasteiger partial charge in [0.15, 0.2) is 0 Å². The average Bonchev–Trinajstić information content (AvgIpc) is 3.58. The summed E-state index contributed by atoms with van der Waals surface area (Å²) in [5.74, 6) is 0.872. The molecule has 2 fully saturated rings. The summed E-state index contributed by atoms with van der Waals surface area (Å²) in [7, 11) is 0. The molecule has 1 aliphatic heterocycles. The van der Waals surface area contributed by atoms with E-state index in [1.165, 1.54) is 25.0 Å². The van der Waals surface area contributed by atoms with E-state index in [2.05, 4.69) is 20.9 Å². The number of aromatic nitrogens is 1. The van der Waals surface area contributed by atoms with Gasteiger partial charge in [-0.05, 0) is 75.6 Å². The van der Waals surface area contributed by atoms with Crippen LogP contribution in [0.3, 0.4) is 0 Å². The second-order valence-corrected chi connectivity index (χ2v) is 10.3. The number of carbonyl (C=O) groups excluding carboxylic acids is 2. The summed E-state index contributed by atoms with van der Waals surface area (Å²) < 4.78 is 20.4. The molecule has 3 aliphatic rings. The van der Waals surface area contributed by atoms with Gasteiger partial charge in [-0.15, -0.1) is 0 Å². The lowest BCUT2D eigenvalue weighted by atomic mass is 9.89. The third-order valence-corrected chi connectivity index (χ3v) is 7.51. The van der Waals surface area contributed by atoms with E-state index in [4.69, 9.17) is 4.74 Å². The van der Waals surface area contributed by atoms with Crippen LogP contribution < -0.4 is 20.7 Å². The molecule has 2 aromatic rings. The summed E-state index contributed by atoms with van der Waals surface area (Å²) in [5, 5.41) is 9.71. The summed E-state index contributed by atoms with van der Waals surface area (Å²) in [5.41, 5.74) is 3.66. The molecule has 192 valence electrons. The van der Waals surface area contributed by atoms with E-state index in [9.17, 15) is 14.0 Å². The van der Waals surface area contributed by atoms with E-state index in [-0.39, 0.29) is 35.8 Å². The molecule has 2 aliphatic carbocycles. The van der Waals surface area contributed by atoms with Gasteiger partial charge in [-0.3, -0.25) is 9.59 Å². The van der Waals surface area contributed by atoms with Crippen LogP contribution in [0, 0.1) is 11.7 Å². The molecule has 1 atom stereocenters. The van der Waals surface area contributed by atoms with Gasteiger partial charge in [0, 0.05) is 41.5 Å². The van der Waals surface area contributed by atoms with Crippen molar-refractivity contribution in [1.82, 2.24) is 20.9 Å². The number of rotatable bonds is 8. The van der Waals surface area contributed by atoms with Gasteiger partial charge in [-0.25, -0.2) is 4.39 Å². The highest BCUT2D eigenvalue weighted by Gasteiger charge is 2.33. The Morgan fingerprint density at radius 2 is 1.75 bits per heavy atom. The fraction of sp³-hybridized carbons (Fsp3) is 0.500. The van der Waals surface area contributed by atoms with Crippen LogP contribution in [0.5, 0.6) is 5.75 Å². The summed E-state index contributed by atoms with van der Waals surface area (Å²) in [6, 6.07) is 6.49. The van der Waals surface area contributed by atoms with Crippen molar-refractivity contribution in [3.63, 3.8) is 0 Å². The van der Waals surface area contributed by atoms with Gasteiger partial charge in [0.05, 0.1) is 23.9 Å². The van der Waals surface area contributed by atoms with Crippen LogP contribution in [0.1, 0.15) is 81.7 Å². The van der Waals surface area contributed by atoms with Crippen LogP contribution in [0.4, 0.5) is 4.39 Å². The number of hydrogen-bond donors (Lipinski definition) is 4. The molecular weight excluding hydrogens is 459 g/mol. The van der Waals surface area contributed by atoms with Crippen molar-refractivity contribution in [2.24, 2.45) is 5.92 Å². The standard InChI is InChI=1S/C28H35FN4O3/c1-3-24(34)32-19-7-9-20(10-8-19)33-28(35)25-16(2)31-26(21-12-13-30-27(21)25)22-14-18(29)6-11-23(22)36-15-17-4-5-17/h6,11-14,17,19-20,26,30-31H,3-5,7-10,15H2,1-2H3,(H,32,34)(H,33,35). The zero-order chi connectivity index (χ0) is 25.2. The Kier molecular flexibility index (Phi) is 7.03. The number of nitrogens with one attached hydrogen (secondary N) is 4. The molecule has 5 rings (SSSR count). The quantitative estimate of drug-likeness (QED) is 0.440. The zero-order valence-electron chi connectivity index (χ0n) is 21.0. The van der Waals surface area contributed by atoms with Gasteiger partial charge in [-0.1, -0.05) is 6.92 Å². The molecule has 2 amide bonds. The zero-order valence-corrected chi connectivity index (χ0v) is 21.0. The number of fused-ring (bicyclic) bond motifs is 1. The normalized spacial score (nSPS) is 23.5. The summed E-state index contributed by atoms with van der Waals surface area (Å²) in [6.07, 6.45) is 8.01. The Morgan fingerprint density at radius 3 is 2.44 bits per heavy atom. The van der Waals surface area contributed by atoms with Crippen molar-refractivity contribution in [3.8, 4) is 5.75 Å². The van der Waals surface area contributed by atoms with Crippen molar-refractivity contribution in [3.05, 3.63) is 58.8 Å². The third-order valence-electron chi connectivity index (χ3n) is 7.51. The van der Waals surface area contributed by atoms with E-state index in [0.29, 0.717) is 30.3 Å². The number of halogens is 1. The summed E-state index contributed by atoms with van der Waals surface area (Å²) in [4.78, 5) is 28.3. The number of allylic oxidation sites excluding steroid dienone is 1. The smallest absolute Gasteiger partial charge is 0.255 e. The molecule has 36 heavy (non-hydrogen) atoms. The largest absolute Gasteiger partial charge is 0.493 e. The molecule has 1 aromatic heterocycles. The Balaban J connectivity index is 1.31. The van der Waals surface area contributed by atoms with Gasteiger partial charge in [-0.2, -0.15) is 0 Å². The maximum atomic E-state index is 14.3. The number of aromatic amines is 1. The first kappa shape index (κ1) is 24.4. The lowest BCUT2D eigenvalue weighted by molar-refractivity contribution is -0.122. The Labute approximate surface area is 211 Å². The topological polar surface area (TPSA) is 95.2 Å². The van der Waals surface area contributed by atoms with E-state index < -0.39 is 0 Å². The molecule has 7 nitrogen and oxygen atoms in total. The minimum Gasteiger partial charge on any atom is -0.493 e. The molecule has 0 bridgehead atoms. The molecule has 0 saturated heterocycles.